The van der Waals surface area contributed by atoms with E-state index in [0.29, 0.717) is 37.3 Å². The summed E-state index contributed by atoms with van der Waals surface area (Å²) in [6, 6.07) is 5.46. The third kappa shape index (κ3) is 2.44. The van der Waals surface area contributed by atoms with Gasteiger partial charge >= 0.3 is 5.76 Å². The third-order valence-electron chi connectivity index (χ3n) is 3.48. The zero-order valence-electron chi connectivity index (χ0n) is 11.0. The molecule has 3 rings (SSSR count). The minimum atomic E-state index is -3.12. The SMILES string of the molecule is CS(=O)(=O)N1CCN(c2ccc3oc(=O)[nH]c3c2)CC1. The van der Waals surface area contributed by atoms with Crippen LogP contribution in [-0.4, -0.2) is 50.1 Å². The minimum absolute atomic E-state index is 0.471. The molecular formula is C12H15N3O4S. The second-order valence-electron chi connectivity index (χ2n) is 4.84. The van der Waals surface area contributed by atoms with E-state index in [1.165, 1.54) is 10.6 Å². The van der Waals surface area contributed by atoms with Crippen LogP contribution in [0.1, 0.15) is 0 Å². The number of rotatable bonds is 2. The van der Waals surface area contributed by atoms with Crippen molar-refractivity contribution in [3.05, 3.63) is 28.7 Å². The highest BCUT2D eigenvalue weighted by atomic mass is 32.2. The highest BCUT2D eigenvalue weighted by molar-refractivity contribution is 7.88. The number of nitrogens with zero attached hydrogens (tertiary/aromatic N) is 2. The summed E-state index contributed by atoms with van der Waals surface area (Å²) in [5.41, 5.74) is 2.12. The van der Waals surface area contributed by atoms with E-state index in [1.807, 2.05) is 12.1 Å². The molecular weight excluding hydrogens is 282 g/mol. The topological polar surface area (TPSA) is 86.6 Å². The lowest BCUT2D eigenvalue weighted by atomic mass is 10.2. The zero-order valence-corrected chi connectivity index (χ0v) is 11.8. The molecule has 20 heavy (non-hydrogen) atoms. The molecule has 0 radical (unpaired) electrons. The Morgan fingerprint density at radius 1 is 1.20 bits per heavy atom. The first kappa shape index (κ1) is 13.2. The number of hydrogen-bond acceptors (Lipinski definition) is 5. The van der Waals surface area contributed by atoms with Gasteiger partial charge in [-0.1, -0.05) is 0 Å². The number of hydrogen-bond donors (Lipinski definition) is 1. The Kier molecular flexibility index (Phi) is 3.06. The van der Waals surface area contributed by atoms with Crippen LogP contribution in [0.25, 0.3) is 11.1 Å². The molecule has 2 aromatic rings. The standard InChI is InChI=1S/C12H15N3O4S/c1-20(17,18)15-6-4-14(5-7-15)9-2-3-11-10(8-9)13-12(16)19-11/h2-3,8H,4-7H2,1H3,(H,13,16). The maximum absolute atomic E-state index is 11.5. The fourth-order valence-electron chi connectivity index (χ4n) is 2.41. The van der Waals surface area contributed by atoms with Gasteiger partial charge in [-0.05, 0) is 18.2 Å². The predicted molar refractivity (Wildman–Crippen MR) is 75.5 cm³/mol. The van der Waals surface area contributed by atoms with E-state index in [4.69, 9.17) is 4.42 Å². The summed E-state index contributed by atoms with van der Waals surface area (Å²) in [6.07, 6.45) is 1.23. The quantitative estimate of drug-likeness (QED) is 0.856. The van der Waals surface area contributed by atoms with Gasteiger partial charge in [0, 0.05) is 31.9 Å². The van der Waals surface area contributed by atoms with Crippen molar-refractivity contribution in [1.82, 2.24) is 9.29 Å². The van der Waals surface area contributed by atoms with Crippen LogP contribution in [0.4, 0.5) is 5.69 Å². The van der Waals surface area contributed by atoms with Crippen molar-refractivity contribution in [2.75, 3.05) is 37.3 Å². The van der Waals surface area contributed by atoms with E-state index in [0.717, 1.165) is 5.69 Å². The monoisotopic (exact) mass is 297 g/mol. The van der Waals surface area contributed by atoms with Crippen LogP contribution in [0.15, 0.2) is 27.4 Å². The first-order chi connectivity index (χ1) is 9.43. The molecule has 108 valence electrons. The van der Waals surface area contributed by atoms with Crippen molar-refractivity contribution >= 4 is 26.8 Å². The Balaban J connectivity index is 1.81. The number of fused-ring (bicyclic) bond motifs is 1. The summed E-state index contributed by atoms with van der Waals surface area (Å²) >= 11 is 0. The number of nitrogens with one attached hydrogen (secondary N) is 1. The molecule has 0 atom stereocenters. The van der Waals surface area contributed by atoms with E-state index in [-0.39, 0.29) is 0 Å². The van der Waals surface area contributed by atoms with Crippen LogP contribution in [0, 0.1) is 0 Å². The van der Waals surface area contributed by atoms with Gasteiger partial charge in [-0.3, -0.25) is 4.98 Å². The van der Waals surface area contributed by atoms with Gasteiger partial charge in [0.05, 0.1) is 11.8 Å². The summed E-state index contributed by atoms with van der Waals surface area (Å²) in [7, 11) is -3.12. The average molecular weight is 297 g/mol. The fraction of sp³-hybridized carbons (Fsp3) is 0.417. The predicted octanol–water partition coefficient (Wildman–Crippen LogP) is 0.203. The summed E-state index contributed by atoms with van der Waals surface area (Å²) in [6.45, 7) is 2.19. The second-order valence-corrected chi connectivity index (χ2v) is 6.83. The van der Waals surface area contributed by atoms with Crippen molar-refractivity contribution in [3.63, 3.8) is 0 Å². The van der Waals surface area contributed by atoms with Crippen molar-refractivity contribution in [2.45, 2.75) is 0 Å². The third-order valence-corrected chi connectivity index (χ3v) is 4.78. The molecule has 0 saturated carbocycles. The average Bonchev–Trinajstić information content (AvgIpc) is 2.77. The van der Waals surface area contributed by atoms with Crippen LogP contribution in [0.3, 0.4) is 0 Å². The van der Waals surface area contributed by atoms with E-state index < -0.39 is 15.8 Å². The van der Waals surface area contributed by atoms with Gasteiger partial charge < -0.3 is 9.32 Å². The Morgan fingerprint density at radius 2 is 1.90 bits per heavy atom. The minimum Gasteiger partial charge on any atom is -0.408 e. The number of aromatic nitrogens is 1. The van der Waals surface area contributed by atoms with E-state index in [9.17, 15) is 13.2 Å². The first-order valence-corrected chi connectivity index (χ1v) is 8.11. The lowest BCUT2D eigenvalue weighted by molar-refractivity contribution is 0.388. The molecule has 1 N–H and O–H groups in total. The van der Waals surface area contributed by atoms with Crippen LogP contribution in [0.2, 0.25) is 0 Å². The van der Waals surface area contributed by atoms with Gasteiger partial charge in [-0.2, -0.15) is 4.31 Å². The Labute approximate surface area is 115 Å². The Hall–Kier alpha value is -1.80. The summed E-state index contributed by atoms with van der Waals surface area (Å²) in [5.74, 6) is -0.473. The normalized spacial score (nSPS) is 17.8. The van der Waals surface area contributed by atoms with Crippen molar-refractivity contribution in [3.8, 4) is 0 Å². The zero-order chi connectivity index (χ0) is 14.3. The fourth-order valence-corrected chi connectivity index (χ4v) is 3.24. The number of aromatic amines is 1. The Bertz CT molecular complexity index is 784. The Morgan fingerprint density at radius 3 is 2.55 bits per heavy atom. The first-order valence-electron chi connectivity index (χ1n) is 6.26. The van der Waals surface area contributed by atoms with E-state index in [1.54, 1.807) is 6.07 Å². The lowest BCUT2D eigenvalue weighted by Crippen LogP contribution is -2.48. The van der Waals surface area contributed by atoms with Gasteiger partial charge in [-0.15, -0.1) is 0 Å². The number of benzene rings is 1. The largest absolute Gasteiger partial charge is 0.417 e. The van der Waals surface area contributed by atoms with Gasteiger partial charge in [0.1, 0.15) is 0 Å². The molecule has 0 bridgehead atoms. The summed E-state index contributed by atoms with van der Waals surface area (Å²) in [4.78, 5) is 15.8. The molecule has 1 aliphatic heterocycles. The molecule has 0 amide bonds. The van der Waals surface area contributed by atoms with E-state index in [2.05, 4.69) is 9.88 Å². The summed E-state index contributed by atoms with van der Waals surface area (Å²) in [5, 5.41) is 0. The molecule has 8 heteroatoms. The van der Waals surface area contributed by atoms with Gasteiger partial charge in [0.25, 0.3) is 0 Å². The number of sulfonamides is 1. The highest BCUT2D eigenvalue weighted by Gasteiger charge is 2.23. The summed E-state index contributed by atoms with van der Waals surface area (Å²) < 4.78 is 29.4. The smallest absolute Gasteiger partial charge is 0.408 e. The molecule has 1 fully saturated rings. The van der Waals surface area contributed by atoms with Gasteiger partial charge in [0.2, 0.25) is 10.0 Å². The van der Waals surface area contributed by atoms with Gasteiger partial charge in [-0.25, -0.2) is 13.2 Å². The van der Waals surface area contributed by atoms with Crippen molar-refractivity contribution in [1.29, 1.82) is 0 Å². The van der Waals surface area contributed by atoms with Crippen molar-refractivity contribution < 1.29 is 12.8 Å². The number of piperazine rings is 1. The lowest BCUT2D eigenvalue weighted by Gasteiger charge is -2.34. The van der Waals surface area contributed by atoms with Crippen LogP contribution >= 0.6 is 0 Å². The van der Waals surface area contributed by atoms with Crippen LogP contribution < -0.4 is 10.7 Å². The molecule has 7 nitrogen and oxygen atoms in total. The molecule has 1 aromatic heterocycles. The van der Waals surface area contributed by atoms with Crippen LogP contribution in [-0.2, 0) is 10.0 Å². The number of oxazole rings is 1. The molecule has 1 aromatic carbocycles. The highest BCUT2D eigenvalue weighted by Crippen LogP contribution is 2.21. The maximum Gasteiger partial charge on any atom is 0.417 e. The molecule has 0 aliphatic carbocycles. The van der Waals surface area contributed by atoms with Crippen LogP contribution in [0.5, 0.6) is 0 Å². The second kappa shape index (κ2) is 4.64. The van der Waals surface area contributed by atoms with E-state index >= 15 is 0 Å². The maximum atomic E-state index is 11.5. The number of anilines is 1. The molecule has 2 heterocycles. The molecule has 0 unspecified atom stereocenters. The number of H-pyrrole nitrogens is 1. The molecule has 1 saturated heterocycles. The molecule has 1 aliphatic rings. The van der Waals surface area contributed by atoms with Gasteiger partial charge in [0.15, 0.2) is 5.58 Å². The van der Waals surface area contributed by atoms with Crippen molar-refractivity contribution in [2.24, 2.45) is 0 Å². The molecule has 0 spiro atoms.